The SMILES string of the molecule is CCOC(=O)C1CNCC1(C)c1ccc(OC)cc1OC. The molecule has 5 heteroatoms. The first-order valence-corrected chi connectivity index (χ1v) is 7.16. The maximum absolute atomic E-state index is 12.2. The molecule has 0 spiro atoms. The van der Waals surface area contributed by atoms with Crippen LogP contribution in [-0.4, -0.2) is 39.9 Å². The minimum Gasteiger partial charge on any atom is -0.497 e. The van der Waals surface area contributed by atoms with Gasteiger partial charge in [-0.05, 0) is 13.0 Å². The summed E-state index contributed by atoms with van der Waals surface area (Å²) < 4.78 is 15.9. The third-order valence-corrected chi connectivity index (χ3v) is 4.20. The molecule has 2 unspecified atom stereocenters. The van der Waals surface area contributed by atoms with Gasteiger partial charge in [0.15, 0.2) is 0 Å². The van der Waals surface area contributed by atoms with Crippen LogP contribution < -0.4 is 14.8 Å². The molecule has 2 atom stereocenters. The van der Waals surface area contributed by atoms with Gasteiger partial charge in [-0.25, -0.2) is 0 Å². The normalized spacial score (nSPS) is 24.7. The Balaban J connectivity index is 2.40. The van der Waals surface area contributed by atoms with E-state index in [0.29, 0.717) is 19.7 Å². The molecule has 0 radical (unpaired) electrons. The molecule has 1 N–H and O–H groups in total. The first-order valence-electron chi connectivity index (χ1n) is 7.16. The Morgan fingerprint density at radius 1 is 1.38 bits per heavy atom. The van der Waals surface area contributed by atoms with Crippen LogP contribution in [0.1, 0.15) is 19.4 Å². The summed E-state index contributed by atoms with van der Waals surface area (Å²) in [6.45, 7) is 5.61. The predicted octanol–water partition coefficient (Wildman–Crippen LogP) is 1.74. The van der Waals surface area contributed by atoms with Gasteiger partial charge in [-0.3, -0.25) is 4.79 Å². The highest BCUT2D eigenvalue weighted by Gasteiger charge is 2.46. The van der Waals surface area contributed by atoms with Gasteiger partial charge in [-0.2, -0.15) is 0 Å². The topological polar surface area (TPSA) is 56.8 Å². The van der Waals surface area contributed by atoms with E-state index in [1.54, 1.807) is 14.2 Å². The zero-order chi connectivity index (χ0) is 15.5. The standard InChI is InChI=1S/C16H23NO4/c1-5-21-15(18)13-9-17-10-16(13,2)12-7-6-11(19-3)8-14(12)20-4/h6-8,13,17H,5,9-10H2,1-4H3. The molecule has 1 fully saturated rings. The lowest BCUT2D eigenvalue weighted by Gasteiger charge is -2.31. The Hall–Kier alpha value is -1.75. The van der Waals surface area contributed by atoms with Crippen molar-refractivity contribution < 1.29 is 19.0 Å². The highest BCUT2D eigenvalue weighted by molar-refractivity contribution is 5.76. The number of rotatable bonds is 5. The minimum atomic E-state index is -0.357. The van der Waals surface area contributed by atoms with E-state index in [0.717, 1.165) is 17.1 Å². The highest BCUT2D eigenvalue weighted by Crippen LogP contribution is 2.41. The van der Waals surface area contributed by atoms with Crippen LogP contribution in [0.4, 0.5) is 0 Å². The zero-order valence-corrected chi connectivity index (χ0v) is 13.1. The van der Waals surface area contributed by atoms with Crippen molar-refractivity contribution in [3.63, 3.8) is 0 Å². The fourth-order valence-electron chi connectivity index (χ4n) is 2.96. The zero-order valence-electron chi connectivity index (χ0n) is 13.1. The molecule has 21 heavy (non-hydrogen) atoms. The summed E-state index contributed by atoms with van der Waals surface area (Å²) in [5, 5.41) is 3.29. The summed E-state index contributed by atoms with van der Waals surface area (Å²) in [4.78, 5) is 12.2. The van der Waals surface area contributed by atoms with E-state index in [4.69, 9.17) is 14.2 Å². The molecule has 1 aromatic carbocycles. The average Bonchev–Trinajstić information content (AvgIpc) is 2.89. The fourth-order valence-corrected chi connectivity index (χ4v) is 2.96. The van der Waals surface area contributed by atoms with E-state index in [2.05, 4.69) is 12.2 Å². The van der Waals surface area contributed by atoms with E-state index < -0.39 is 0 Å². The summed E-state index contributed by atoms with van der Waals surface area (Å²) in [5.74, 6) is 1.08. The first kappa shape index (κ1) is 15.6. The van der Waals surface area contributed by atoms with Crippen LogP contribution in [-0.2, 0) is 14.9 Å². The van der Waals surface area contributed by atoms with Crippen LogP contribution >= 0.6 is 0 Å². The maximum Gasteiger partial charge on any atom is 0.311 e. The molecule has 2 rings (SSSR count). The number of benzene rings is 1. The molecular formula is C16H23NO4. The lowest BCUT2D eigenvalue weighted by atomic mass is 9.73. The van der Waals surface area contributed by atoms with Crippen LogP contribution in [0.5, 0.6) is 11.5 Å². The molecule has 0 amide bonds. The smallest absolute Gasteiger partial charge is 0.311 e. The second kappa shape index (κ2) is 6.35. The minimum absolute atomic E-state index is 0.164. The van der Waals surface area contributed by atoms with E-state index in [-0.39, 0.29) is 17.3 Å². The van der Waals surface area contributed by atoms with Crippen LogP contribution in [0, 0.1) is 5.92 Å². The van der Waals surface area contributed by atoms with Crippen LogP contribution in [0.3, 0.4) is 0 Å². The van der Waals surface area contributed by atoms with Crippen molar-refractivity contribution in [2.24, 2.45) is 5.92 Å². The molecule has 116 valence electrons. The molecule has 0 aromatic heterocycles. The van der Waals surface area contributed by atoms with Crippen molar-refractivity contribution in [3.8, 4) is 11.5 Å². The molecule has 1 aromatic rings. The summed E-state index contributed by atoms with van der Waals surface area (Å²) in [7, 11) is 3.25. The van der Waals surface area contributed by atoms with Gasteiger partial charge in [-0.15, -0.1) is 0 Å². The van der Waals surface area contributed by atoms with Crippen LogP contribution in [0.15, 0.2) is 18.2 Å². The number of ether oxygens (including phenoxy) is 3. The monoisotopic (exact) mass is 293 g/mol. The average molecular weight is 293 g/mol. The predicted molar refractivity (Wildman–Crippen MR) is 79.9 cm³/mol. The number of carbonyl (C=O) groups is 1. The van der Waals surface area contributed by atoms with Gasteiger partial charge >= 0.3 is 5.97 Å². The molecule has 5 nitrogen and oxygen atoms in total. The third kappa shape index (κ3) is 2.83. The Morgan fingerprint density at radius 2 is 2.14 bits per heavy atom. The lowest BCUT2D eigenvalue weighted by molar-refractivity contribution is -0.149. The number of esters is 1. The molecule has 0 aliphatic carbocycles. The number of methoxy groups -OCH3 is 2. The van der Waals surface area contributed by atoms with Crippen molar-refractivity contribution in [2.75, 3.05) is 33.9 Å². The van der Waals surface area contributed by atoms with Gasteiger partial charge in [0.2, 0.25) is 0 Å². The van der Waals surface area contributed by atoms with E-state index in [1.165, 1.54) is 0 Å². The molecular weight excluding hydrogens is 270 g/mol. The molecule has 1 heterocycles. The van der Waals surface area contributed by atoms with Crippen LogP contribution in [0.2, 0.25) is 0 Å². The van der Waals surface area contributed by atoms with E-state index in [1.807, 2.05) is 25.1 Å². The van der Waals surface area contributed by atoms with E-state index >= 15 is 0 Å². The number of carbonyl (C=O) groups excluding carboxylic acids is 1. The lowest BCUT2D eigenvalue weighted by Crippen LogP contribution is -2.37. The van der Waals surface area contributed by atoms with Crippen molar-refractivity contribution in [1.29, 1.82) is 0 Å². The number of hydrogen-bond acceptors (Lipinski definition) is 5. The van der Waals surface area contributed by atoms with Crippen molar-refractivity contribution in [2.45, 2.75) is 19.3 Å². The van der Waals surface area contributed by atoms with Crippen molar-refractivity contribution >= 4 is 5.97 Å². The Labute approximate surface area is 125 Å². The van der Waals surface area contributed by atoms with Crippen LogP contribution in [0.25, 0.3) is 0 Å². The maximum atomic E-state index is 12.2. The summed E-state index contributed by atoms with van der Waals surface area (Å²) in [6.07, 6.45) is 0. The summed E-state index contributed by atoms with van der Waals surface area (Å²) in [5.41, 5.74) is 0.637. The summed E-state index contributed by atoms with van der Waals surface area (Å²) >= 11 is 0. The van der Waals surface area contributed by atoms with Gasteiger partial charge in [0.1, 0.15) is 11.5 Å². The number of nitrogens with one attached hydrogen (secondary N) is 1. The van der Waals surface area contributed by atoms with Gasteiger partial charge < -0.3 is 19.5 Å². The van der Waals surface area contributed by atoms with Crippen molar-refractivity contribution in [3.05, 3.63) is 23.8 Å². The second-order valence-electron chi connectivity index (χ2n) is 5.42. The fraction of sp³-hybridized carbons (Fsp3) is 0.562. The molecule has 0 bridgehead atoms. The Morgan fingerprint density at radius 3 is 2.76 bits per heavy atom. The molecule has 0 saturated carbocycles. The quantitative estimate of drug-likeness (QED) is 0.838. The molecule has 1 saturated heterocycles. The second-order valence-corrected chi connectivity index (χ2v) is 5.42. The Bertz CT molecular complexity index is 517. The Kier molecular flexibility index (Phi) is 4.73. The van der Waals surface area contributed by atoms with Gasteiger partial charge in [0, 0.05) is 30.1 Å². The van der Waals surface area contributed by atoms with Gasteiger partial charge in [-0.1, -0.05) is 13.0 Å². The molecule has 1 aliphatic heterocycles. The third-order valence-electron chi connectivity index (χ3n) is 4.20. The first-order chi connectivity index (χ1) is 10.1. The summed E-state index contributed by atoms with van der Waals surface area (Å²) in [6, 6.07) is 5.71. The highest BCUT2D eigenvalue weighted by atomic mass is 16.5. The van der Waals surface area contributed by atoms with Gasteiger partial charge in [0.05, 0.1) is 26.7 Å². The van der Waals surface area contributed by atoms with Gasteiger partial charge in [0.25, 0.3) is 0 Å². The number of hydrogen-bond donors (Lipinski definition) is 1. The molecule has 1 aliphatic rings. The largest absolute Gasteiger partial charge is 0.497 e. The van der Waals surface area contributed by atoms with E-state index in [9.17, 15) is 4.79 Å². The van der Waals surface area contributed by atoms with Crippen molar-refractivity contribution in [1.82, 2.24) is 5.32 Å².